The van der Waals surface area contributed by atoms with Crippen LogP contribution < -0.4 is 20.4 Å². The number of hydrogen-bond donors (Lipinski definition) is 2. The fourth-order valence-corrected chi connectivity index (χ4v) is 3.58. The van der Waals surface area contributed by atoms with Crippen molar-refractivity contribution in [1.82, 2.24) is 10.6 Å². The van der Waals surface area contributed by atoms with Gasteiger partial charge < -0.3 is 29.7 Å². The number of nitrogens with one attached hydrogen (secondary N) is 2. The second-order valence-corrected chi connectivity index (χ2v) is 6.72. The van der Waals surface area contributed by atoms with Gasteiger partial charge in [0, 0.05) is 6.54 Å². The predicted octanol–water partition coefficient (Wildman–Crippen LogP) is 0.804. The van der Waals surface area contributed by atoms with Crippen LogP contribution in [0.15, 0.2) is 18.2 Å². The molecule has 3 saturated heterocycles. The lowest BCUT2D eigenvalue weighted by Crippen LogP contribution is -2.34. The molecule has 2 unspecified atom stereocenters. The number of hydrogen-bond acceptors (Lipinski definition) is 7. The quantitative estimate of drug-likeness (QED) is 0.727. The molecule has 4 rings (SSSR count). The van der Waals surface area contributed by atoms with Crippen LogP contribution in [0, 0.1) is 5.82 Å². The van der Waals surface area contributed by atoms with Crippen LogP contribution in [-0.4, -0.2) is 69.8 Å². The Kier molecular flexibility index (Phi) is 4.57. The fraction of sp³-hybridized carbons (Fsp3) is 0.471. The second kappa shape index (κ2) is 7.06. The molecule has 150 valence electrons. The van der Waals surface area contributed by atoms with Gasteiger partial charge in [0.2, 0.25) is 0 Å². The zero-order chi connectivity index (χ0) is 19.8. The molecule has 0 bridgehead atoms. The molecule has 3 aliphatic rings. The molecule has 0 spiro atoms. The summed E-state index contributed by atoms with van der Waals surface area (Å²) in [7, 11) is 1.24. The second-order valence-electron chi connectivity index (χ2n) is 6.72. The Balaban J connectivity index is 1.41. The first-order chi connectivity index (χ1) is 13.4. The summed E-state index contributed by atoms with van der Waals surface area (Å²) in [5.41, 5.74) is 0.725. The molecule has 3 atom stereocenters. The number of fused-ring (bicyclic) bond motifs is 1. The minimum atomic E-state index is -0.625. The molecule has 10 nitrogen and oxygen atoms in total. The maximum absolute atomic E-state index is 14.7. The van der Waals surface area contributed by atoms with E-state index in [-0.39, 0.29) is 25.2 Å². The van der Waals surface area contributed by atoms with Gasteiger partial charge in [-0.25, -0.2) is 18.8 Å². The minimum absolute atomic E-state index is 0.0950. The third-order valence-electron chi connectivity index (χ3n) is 4.95. The molecular formula is C17H19FN4O6. The van der Waals surface area contributed by atoms with Crippen molar-refractivity contribution in [3.05, 3.63) is 24.0 Å². The smallest absolute Gasteiger partial charge is 0.414 e. The van der Waals surface area contributed by atoms with Crippen molar-refractivity contribution in [3.63, 3.8) is 0 Å². The maximum atomic E-state index is 14.7. The molecule has 1 aromatic rings. The van der Waals surface area contributed by atoms with Crippen LogP contribution in [0.5, 0.6) is 0 Å². The maximum Gasteiger partial charge on any atom is 0.414 e. The average Bonchev–Trinajstić information content (AvgIpc) is 3.32. The van der Waals surface area contributed by atoms with Gasteiger partial charge in [-0.2, -0.15) is 0 Å². The monoisotopic (exact) mass is 394 g/mol. The number of benzene rings is 1. The Labute approximate surface area is 159 Å². The molecular weight excluding hydrogens is 375 g/mol. The van der Waals surface area contributed by atoms with E-state index in [1.54, 1.807) is 17.0 Å². The lowest BCUT2D eigenvalue weighted by Gasteiger charge is -2.21. The Bertz CT molecular complexity index is 805. The Morgan fingerprint density at radius 1 is 1.32 bits per heavy atom. The molecule has 0 saturated carbocycles. The number of methoxy groups -OCH3 is 1. The summed E-state index contributed by atoms with van der Waals surface area (Å²) < 4.78 is 29.5. The van der Waals surface area contributed by atoms with Gasteiger partial charge in [0.25, 0.3) is 0 Å². The molecule has 0 radical (unpaired) electrons. The van der Waals surface area contributed by atoms with Crippen LogP contribution in [0.25, 0.3) is 0 Å². The van der Waals surface area contributed by atoms with E-state index in [0.29, 0.717) is 24.5 Å². The van der Waals surface area contributed by atoms with Crippen molar-refractivity contribution in [2.45, 2.75) is 18.2 Å². The van der Waals surface area contributed by atoms with Crippen LogP contribution in [-0.2, 0) is 14.2 Å². The Morgan fingerprint density at radius 3 is 2.86 bits per heavy atom. The molecule has 1 aromatic carbocycles. The molecule has 0 aliphatic carbocycles. The first kappa shape index (κ1) is 18.1. The number of nitrogens with zero attached hydrogens (tertiary/aromatic N) is 2. The van der Waals surface area contributed by atoms with Crippen LogP contribution >= 0.6 is 0 Å². The number of carbonyl (C=O) groups is 3. The van der Waals surface area contributed by atoms with E-state index in [2.05, 4.69) is 15.4 Å². The topological polar surface area (TPSA) is 109 Å². The van der Waals surface area contributed by atoms with Crippen molar-refractivity contribution >= 4 is 29.7 Å². The van der Waals surface area contributed by atoms with Crippen molar-refractivity contribution in [2.24, 2.45) is 0 Å². The summed E-state index contributed by atoms with van der Waals surface area (Å²) in [5.74, 6) is -0.493. The summed E-state index contributed by atoms with van der Waals surface area (Å²) in [5, 5.41) is 5.15. The van der Waals surface area contributed by atoms with Crippen molar-refractivity contribution in [2.75, 3.05) is 43.1 Å². The Hall–Kier alpha value is -3.24. The predicted molar refractivity (Wildman–Crippen MR) is 93.8 cm³/mol. The van der Waals surface area contributed by atoms with E-state index in [1.807, 2.05) is 0 Å². The highest BCUT2D eigenvalue weighted by molar-refractivity contribution is 5.90. The van der Waals surface area contributed by atoms with Gasteiger partial charge in [-0.3, -0.25) is 4.90 Å². The lowest BCUT2D eigenvalue weighted by atomic mass is 10.2. The van der Waals surface area contributed by atoms with Gasteiger partial charge in [-0.15, -0.1) is 0 Å². The van der Waals surface area contributed by atoms with Crippen LogP contribution in [0.3, 0.4) is 0 Å². The molecule has 3 aliphatic heterocycles. The minimum Gasteiger partial charge on any atom is -0.453 e. The highest BCUT2D eigenvalue weighted by Gasteiger charge is 2.42. The summed E-state index contributed by atoms with van der Waals surface area (Å²) in [6.07, 6.45) is -2.55. The van der Waals surface area contributed by atoms with E-state index in [1.165, 1.54) is 18.1 Å². The van der Waals surface area contributed by atoms with Crippen molar-refractivity contribution in [1.29, 1.82) is 0 Å². The molecule has 2 N–H and O–H groups in total. The van der Waals surface area contributed by atoms with Gasteiger partial charge in [0.1, 0.15) is 18.0 Å². The molecule has 3 heterocycles. The number of cyclic esters (lactones) is 1. The largest absolute Gasteiger partial charge is 0.453 e. The first-order valence-corrected chi connectivity index (χ1v) is 8.76. The zero-order valence-corrected chi connectivity index (χ0v) is 15.0. The number of ether oxygens (including phenoxy) is 3. The van der Waals surface area contributed by atoms with E-state index in [4.69, 9.17) is 9.47 Å². The summed E-state index contributed by atoms with van der Waals surface area (Å²) >= 11 is 0. The zero-order valence-electron chi connectivity index (χ0n) is 15.0. The number of amides is 3. The molecule has 0 aromatic heterocycles. The summed E-state index contributed by atoms with van der Waals surface area (Å²) in [6.45, 7) is 1.11. The summed E-state index contributed by atoms with van der Waals surface area (Å²) in [4.78, 5) is 37.5. The normalized spacial score (nSPS) is 25.9. The van der Waals surface area contributed by atoms with E-state index in [0.717, 1.165) is 0 Å². The number of carbonyl (C=O) groups excluding carboxylic acids is 3. The van der Waals surface area contributed by atoms with Crippen LogP contribution in [0.2, 0.25) is 0 Å². The SMILES string of the molecule is COC(=O)NC[C@H]1CN(c2ccc(N3CC4NC(=O)OC4C3)c(F)c2)C(=O)O1. The van der Waals surface area contributed by atoms with Gasteiger partial charge in [0.05, 0.1) is 44.2 Å². The van der Waals surface area contributed by atoms with E-state index >= 15 is 0 Å². The lowest BCUT2D eigenvalue weighted by molar-refractivity contribution is 0.132. The average molecular weight is 394 g/mol. The number of halogens is 1. The van der Waals surface area contributed by atoms with E-state index < -0.39 is 30.2 Å². The van der Waals surface area contributed by atoms with Crippen molar-refractivity contribution < 1.29 is 33.0 Å². The highest BCUT2D eigenvalue weighted by atomic mass is 19.1. The van der Waals surface area contributed by atoms with Gasteiger partial charge in [-0.05, 0) is 18.2 Å². The third kappa shape index (κ3) is 3.35. The first-order valence-electron chi connectivity index (χ1n) is 8.76. The molecule has 28 heavy (non-hydrogen) atoms. The van der Waals surface area contributed by atoms with Crippen LogP contribution in [0.4, 0.5) is 30.1 Å². The van der Waals surface area contributed by atoms with E-state index in [9.17, 15) is 18.8 Å². The highest BCUT2D eigenvalue weighted by Crippen LogP contribution is 2.31. The third-order valence-corrected chi connectivity index (χ3v) is 4.95. The molecule has 3 amide bonds. The van der Waals surface area contributed by atoms with Gasteiger partial charge in [-0.1, -0.05) is 0 Å². The molecule has 3 fully saturated rings. The van der Waals surface area contributed by atoms with Gasteiger partial charge >= 0.3 is 18.3 Å². The number of alkyl carbamates (subject to hydrolysis) is 2. The van der Waals surface area contributed by atoms with Crippen LogP contribution in [0.1, 0.15) is 0 Å². The standard InChI is InChI=1S/C17H19FN4O6/c1-26-15(23)19-5-10-6-22(17(25)27-10)9-2-3-13(11(18)4-9)21-7-12-14(8-21)28-16(24)20-12/h2-4,10,12,14H,5-8H2,1H3,(H,19,23)(H,20,24)/t10-,12?,14?/m0/s1. The molecule has 11 heteroatoms. The number of rotatable bonds is 4. The summed E-state index contributed by atoms with van der Waals surface area (Å²) in [6, 6.07) is 4.31. The Morgan fingerprint density at radius 2 is 2.14 bits per heavy atom. The van der Waals surface area contributed by atoms with Gasteiger partial charge in [0.15, 0.2) is 0 Å². The van der Waals surface area contributed by atoms with Crippen molar-refractivity contribution in [3.8, 4) is 0 Å². The number of anilines is 2. The fourth-order valence-electron chi connectivity index (χ4n) is 3.58.